The Morgan fingerprint density at radius 2 is 2.13 bits per heavy atom. The molecule has 0 radical (unpaired) electrons. The molecule has 3 heteroatoms. The summed E-state index contributed by atoms with van der Waals surface area (Å²) in [6.07, 6.45) is 2.03. The van der Waals surface area contributed by atoms with E-state index in [-0.39, 0.29) is 0 Å². The number of hydrogen-bond donors (Lipinski definition) is 1. The molecular weight excluding hydrogens is 208 g/mol. The van der Waals surface area contributed by atoms with Crippen molar-refractivity contribution in [1.29, 1.82) is 0 Å². The molecule has 2 atom stereocenters. The van der Waals surface area contributed by atoms with Crippen LogP contribution in [0.5, 0.6) is 0 Å². The minimum absolute atomic E-state index is 0.313. The summed E-state index contributed by atoms with van der Waals surface area (Å²) in [6.45, 7) is 12.3. The minimum atomic E-state index is 0.313. The molecule has 0 aromatic carbocycles. The fraction of sp³-hybridized carbons (Fsp3) is 0.833. The van der Waals surface area contributed by atoms with E-state index in [0.717, 1.165) is 19.6 Å². The zero-order valence-corrected chi connectivity index (χ0v) is 11.0. The molecule has 0 aromatic heterocycles. The Bertz CT molecular complexity index is 220. The lowest BCUT2D eigenvalue weighted by molar-refractivity contribution is 0.0695. The van der Waals surface area contributed by atoms with Crippen LogP contribution in [0.4, 0.5) is 0 Å². The molecule has 2 unspecified atom stereocenters. The quantitative estimate of drug-likeness (QED) is 0.784. The van der Waals surface area contributed by atoms with Crippen LogP contribution in [0.1, 0.15) is 27.7 Å². The van der Waals surface area contributed by atoms with Crippen molar-refractivity contribution in [2.75, 3.05) is 19.6 Å². The molecule has 1 aliphatic rings. The van der Waals surface area contributed by atoms with Gasteiger partial charge in [-0.15, -0.1) is 0 Å². The van der Waals surface area contributed by atoms with Crippen molar-refractivity contribution in [3.8, 4) is 0 Å². The number of hydrogen-bond acceptors (Lipinski definition) is 2. The van der Waals surface area contributed by atoms with Gasteiger partial charge in [-0.25, -0.2) is 0 Å². The van der Waals surface area contributed by atoms with Gasteiger partial charge in [-0.3, -0.25) is 4.90 Å². The van der Waals surface area contributed by atoms with E-state index in [1.54, 1.807) is 5.54 Å². The van der Waals surface area contributed by atoms with E-state index in [1.165, 1.54) is 0 Å². The summed E-state index contributed by atoms with van der Waals surface area (Å²) < 4.78 is 0. The molecule has 1 heterocycles. The number of rotatable bonds is 2. The second-order valence-corrected chi connectivity index (χ2v) is 5.76. The van der Waals surface area contributed by atoms with Gasteiger partial charge in [-0.1, -0.05) is 38.4 Å². The topological polar surface area (TPSA) is 15.3 Å². The molecule has 1 aliphatic heterocycles. The summed E-state index contributed by atoms with van der Waals surface area (Å²) in [7, 11) is 0. The predicted octanol–water partition coefficient (Wildman–Crippen LogP) is 2.45. The molecule has 0 aliphatic carbocycles. The van der Waals surface area contributed by atoms with E-state index >= 15 is 0 Å². The monoisotopic (exact) mass is 230 g/mol. The van der Waals surface area contributed by atoms with E-state index in [1.807, 2.05) is 6.08 Å². The Balaban J connectivity index is 2.66. The number of piperazine rings is 1. The third-order valence-electron chi connectivity index (χ3n) is 3.04. The van der Waals surface area contributed by atoms with Gasteiger partial charge in [0.1, 0.15) is 0 Å². The summed E-state index contributed by atoms with van der Waals surface area (Å²) in [5, 5.41) is 3.55. The van der Waals surface area contributed by atoms with E-state index in [4.69, 9.17) is 11.6 Å². The fourth-order valence-electron chi connectivity index (χ4n) is 2.22. The average molecular weight is 231 g/mol. The first kappa shape index (κ1) is 13.0. The van der Waals surface area contributed by atoms with Gasteiger partial charge >= 0.3 is 0 Å². The van der Waals surface area contributed by atoms with Crippen molar-refractivity contribution in [3.63, 3.8) is 0 Å². The summed E-state index contributed by atoms with van der Waals surface area (Å²) in [5.74, 6) is 0. The standard InChI is InChI=1S/C12H23ClN2/c1-10-9-15(7-5-6-13)11(8-14-10)12(2,3)4/h5-6,10-11,14H,7-9H2,1-4H3/b6-5+. The second kappa shape index (κ2) is 5.33. The summed E-state index contributed by atoms with van der Waals surface area (Å²) in [6, 6.07) is 1.16. The van der Waals surface area contributed by atoms with E-state index in [9.17, 15) is 0 Å². The van der Waals surface area contributed by atoms with Crippen molar-refractivity contribution in [2.45, 2.75) is 39.8 Å². The highest BCUT2D eigenvalue weighted by Crippen LogP contribution is 2.26. The van der Waals surface area contributed by atoms with Crippen molar-refractivity contribution in [2.24, 2.45) is 5.41 Å². The van der Waals surface area contributed by atoms with E-state index in [0.29, 0.717) is 17.5 Å². The molecule has 1 saturated heterocycles. The molecule has 0 spiro atoms. The van der Waals surface area contributed by atoms with Crippen molar-refractivity contribution in [3.05, 3.63) is 11.6 Å². The molecule has 2 nitrogen and oxygen atoms in total. The molecular formula is C12H23ClN2. The normalized spacial score (nSPS) is 29.9. The van der Waals surface area contributed by atoms with Gasteiger partial charge in [0.2, 0.25) is 0 Å². The Labute approximate surface area is 98.7 Å². The lowest BCUT2D eigenvalue weighted by Crippen LogP contribution is -2.59. The number of nitrogens with one attached hydrogen (secondary N) is 1. The first-order valence-corrected chi connectivity index (χ1v) is 6.11. The summed E-state index contributed by atoms with van der Waals surface area (Å²) in [5.41, 5.74) is 1.93. The largest absolute Gasteiger partial charge is 0.311 e. The third-order valence-corrected chi connectivity index (χ3v) is 3.22. The molecule has 88 valence electrons. The van der Waals surface area contributed by atoms with E-state index < -0.39 is 0 Å². The van der Waals surface area contributed by atoms with Gasteiger partial charge in [0.05, 0.1) is 0 Å². The third kappa shape index (κ3) is 3.78. The molecule has 15 heavy (non-hydrogen) atoms. The van der Waals surface area contributed by atoms with Crippen LogP contribution in [-0.4, -0.2) is 36.6 Å². The Morgan fingerprint density at radius 3 is 2.67 bits per heavy atom. The molecule has 0 saturated carbocycles. The smallest absolute Gasteiger partial charge is 0.0273 e. The first-order valence-electron chi connectivity index (χ1n) is 5.68. The average Bonchev–Trinajstić information content (AvgIpc) is 2.12. The van der Waals surface area contributed by atoms with Gasteiger partial charge in [-0.2, -0.15) is 0 Å². The second-order valence-electron chi connectivity index (χ2n) is 5.51. The van der Waals surface area contributed by atoms with Crippen molar-refractivity contribution >= 4 is 11.6 Å². The summed E-state index contributed by atoms with van der Waals surface area (Å²) >= 11 is 5.60. The molecule has 1 fully saturated rings. The highest BCUT2D eigenvalue weighted by Gasteiger charge is 2.33. The molecule has 1 N–H and O–H groups in total. The van der Waals surface area contributed by atoms with Crippen LogP contribution >= 0.6 is 11.6 Å². The van der Waals surface area contributed by atoms with Crippen LogP contribution in [0.3, 0.4) is 0 Å². The van der Waals surface area contributed by atoms with Crippen LogP contribution in [0.15, 0.2) is 11.6 Å². The zero-order valence-electron chi connectivity index (χ0n) is 10.3. The van der Waals surface area contributed by atoms with Crippen molar-refractivity contribution < 1.29 is 0 Å². The van der Waals surface area contributed by atoms with Gasteiger partial charge in [0, 0.05) is 37.3 Å². The van der Waals surface area contributed by atoms with E-state index in [2.05, 4.69) is 37.9 Å². The maximum absolute atomic E-state index is 5.60. The Hall–Kier alpha value is -0.0500. The van der Waals surface area contributed by atoms with Crippen LogP contribution in [0.2, 0.25) is 0 Å². The maximum Gasteiger partial charge on any atom is 0.0273 e. The van der Waals surface area contributed by atoms with Gasteiger partial charge in [0.25, 0.3) is 0 Å². The highest BCUT2D eigenvalue weighted by molar-refractivity contribution is 6.25. The van der Waals surface area contributed by atoms with Gasteiger partial charge in [-0.05, 0) is 12.3 Å². The predicted molar refractivity (Wildman–Crippen MR) is 67.3 cm³/mol. The molecule has 0 amide bonds. The van der Waals surface area contributed by atoms with Crippen LogP contribution < -0.4 is 5.32 Å². The number of halogens is 1. The molecule has 1 rings (SSSR count). The minimum Gasteiger partial charge on any atom is -0.311 e. The fourth-order valence-corrected chi connectivity index (χ4v) is 2.30. The zero-order chi connectivity index (χ0) is 11.5. The van der Waals surface area contributed by atoms with Crippen molar-refractivity contribution in [1.82, 2.24) is 10.2 Å². The lowest BCUT2D eigenvalue weighted by atomic mass is 9.84. The Kier molecular flexibility index (Phi) is 4.63. The number of nitrogens with zero attached hydrogens (tertiary/aromatic N) is 1. The van der Waals surface area contributed by atoms with Gasteiger partial charge in [0.15, 0.2) is 0 Å². The first-order chi connectivity index (χ1) is 6.95. The van der Waals surface area contributed by atoms with Gasteiger partial charge < -0.3 is 5.32 Å². The van der Waals surface area contributed by atoms with Crippen LogP contribution in [0.25, 0.3) is 0 Å². The SMILES string of the molecule is CC1CN(C/C=C/Cl)C(C(C)(C)C)CN1. The maximum atomic E-state index is 5.60. The van der Waals surface area contributed by atoms with Crippen LogP contribution in [-0.2, 0) is 0 Å². The Morgan fingerprint density at radius 1 is 1.47 bits per heavy atom. The highest BCUT2D eigenvalue weighted by atomic mass is 35.5. The lowest BCUT2D eigenvalue weighted by Gasteiger charge is -2.45. The molecule has 0 bridgehead atoms. The molecule has 0 aromatic rings. The van der Waals surface area contributed by atoms with Crippen LogP contribution in [0, 0.1) is 5.41 Å². The summed E-state index contributed by atoms with van der Waals surface area (Å²) in [4.78, 5) is 2.51.